The number of amides is 1. The van der Waals surface area contributed by atoms with Gasteiger partial charge in [-0.25, -0.2) is 15.0 Å². The number of carbonyl (C=O) groups is 1. The first-order chi connectivity index (χ1) is 11.7. The summed E-state index contributed by atoms with van der Waals surface area (Å²) in [7, 11) is 0. The average Bonchev–Trinajstić information content (AvgIpc) is 3.26. The molecule has 3 aromatic rings. The van der Waals surface area contributed by atoms with Crippen LogP contribution in [0.1, 0.15) is 35.1 Å². The number of hydrogen-bond acceptors (Lipinski definition) is 5. The SMILES string of the molecule is O=C(Nc1ccc2ncc(Cl)n2c1)c1cnc(C2CCCN2)nc1. The van der Waals surface area contributed by atoms with E-state index in [4.69, 9.17) is 11.6 Å². The molecule has 1 saturated heterocycles. The number of hydrogen-bond donors (Lipinski definition) is 2. The number of fused-ring (bicyclic) bond motifs is 1. The van der Waals surface area contributed by atoms with Gasteiger partial charge >= 0.3 is 0 Å². The highest BCUT2D eigenvalue weighted by Gasteiger charge is 2.19. The second-order valence-electron chi connectivity index (χ2n) is 5.66. The molecule has 0 radical (unpaired) electrons. The van der Waals surface area contributed by atoms with E-state index in [1.54, 1.807) is 41.3 Å². The zero-order chi connectivity index (χ0) is 16.5. The van der Waals surface area contributed by atoms with E-state index >= 15 is 0 Å². The maximum absolute atomic E-state index is 12.3. The first-order valence-electron chi connectivity index (χ1n) is 7.70. The number of nitrogens with one attached hydrogen (secondary N) is 2. The number of aromatic nitrogens is 4. The van der Waals surface area contributed by atoms with Crippen LogP contribution in [0.2, 0.25) is 5.15 Å². The van der Waals surface area contributed by atoms with Crippen molar-refractivity contribution in [3.8, 4) is 0 Å². The van der Waals surface area contributed by atoms with Gasteiger partial charge in [0, 0.05) is 18.6 Å². The number of nitrogens with zero attached hydrogens (tertiary/aromatic N) is 4. The van der Waals surface area contributed by atoms with Crippen molar-refractivity contribution in [2.45, 2.75) is 18.9 Å². The molecular weight excluding hydrogens is 328 g/mol. The molecule has 0 saturated carbocycles. The van der Waals surface area contributed by atoms with Crippen molar-refractivity contribution in [3.63, 3.8) is 0 Å². The van der Waals surface area contributed by atoms with Crippen molar-refractivity contribution < 1.29 is 4.79 Å². The lowest BCUT2D eigenvalue weighted by molar-refractivity contribution is 0.102. The molecule has 1 unspecified atom stereocenters. The number of carbonyl (C=O) groups excluding carboxylic acids is 1. The first-order valence-corrected chi connectivity index (χ1v) is 8.08. The molecule has 8 heteroatoms. The van der Waals surface area contributed by atoms with Gasteiger partial charge in [-0.1, -0.05) is 11.6 Å². The summed E-state index contributed by atoms with van der Waals surface area (Å²) in [5.41, 5.74) is 1.75. The van der Waals surface area contributed by atoms with Gasteiger partial charge in [-0.3, -0.25) is 9.20 Å². The van der Waals surface area contributed by atoms with E-state index in [1.807, 2.05) is 0 Å². The number of imidazole rings is 1. The molecule has 4 heterocycles. The predicted octanol–water partition coefficient (Wildman–Crippen LogP) is 2.45. The number of pyridine rings is 1. The van der Waals surface area contributed by atoms with Gasteiger partial charge in [0.25, 0.3) is 5.91 Å². The number of halogens is 1. The lowest BCUT2D eigenvalue weighted by atomic mass is 10.2. The summed E-state index contributed by atoms with van der Waals surface area (Å²) in [5, 5.41) is 6.63. The Bertz CT molecular complexity index is 885. The highest BCUT2D eigenvalue weighted by Crippen LogP contribution is 2.20. The second kappa shape index (κ2) is 6.18. The standard InChI is InChI=1S/C16H15ClN6O/c17-13-8-19-14-4-3-11(9-23(13)14)22-16(24)10-6-20-15(21-7-10)12-2-1-5-18-12/h3-4,6-9,12,18H,1-2,5H2,(H,22,24). The zero-order valence-electron chi connectivity index (χ0n) is 12.7. The van der Waals surface area contributed by atoms with Gasteiger partial charge in [0.2, 0.25) is 0 Å². The summed E-state index contributed by atoms with van der Waals surface area (Å²) >= 11 is 6.04. The Morgan fingerprint density at radius 2 is 2.08 bits per heavy atom. The monoisotopic (exact) mass is 342 g/mol. The lowest BCUT2D eigenvalue weighted by Gasteiger charge is -2.09. The van der Waals surface area contributed by atoms with Crippen molar-refractivity contribution in [1.82, 2.24) is 24.7 Å². The summed E-state index contributed by atoms with van der Waals surface area (Å²) < 4.78 is 1.70. The van der Waals surface area contributed by atoms with Crippen LogP contribution in [0.15, 0.2) is 36.9 Å². The van der Waals surface area contributed by atoms with Gasteiger partial charge in [-0.2, -0.15) is 0 Å². The van der Waals surface area contributed by atoms with Gasteiger partial charge in [0.15, 0.2) is 0 Å². The first kappa shape index (κ1) is 15.0. The third-order valence-corrected chi connectivity index (χ3v) is 4.30. The Morgan fingerprint density at radius 3 is 2.83 bits per heavy atom. The highest BCUT2D eigenvalue weighted by atomic mass is 35.5. The zero-order valence-corrected chi connectivity index (χ0v) is 13.5. The summed E-state index contributed by atoms with van der Waals surface area (Å²) in [6.45, 7) is 0.982. The maximum atomic E-state index is 12.3. The summed E-state index contributed by atoms with van der Waals surface area (Å²) in [6.07, 6.45) is 8.54. The van der Waals surface area contributed by atoms with Crippen LogP contribution >= 0.6 is 11.6 Å². The fraction of sp³-hybridized carbons (Fsp3) is 0.250. The van der Waals surface area contributed by atoms with Gasteiger partial charge in [-0.15, -0.1) is 0 Å². The Kier molecular flexibility index (Phi) is 3.87. The topological polar surface area (TPSA) is 84.2 Å². The normalized spacial score (nSPS) is 17.3. The molecule has 1 atom stereocenters. The van der Waals surface area contributed by atoms with Gasteiger partial charge in [0.1, 0.15) is 16.6 Å². The Hall–Kier alpha value is -2.51. The third-order valence-electron chi connectivity index (χ3n) is 4.02. The molecule has 122 valence electrons. The molecule has 3 aromatic heterocycles. The molecular formula is C16H15ClN6O. The predicted molar refractivity (Wildman–Crippen MR) is 90.2 cm³/mol. The van der Waals surface area contributed by atoms with E-state index in [1.165, 1.54) is 0 Å². The van der Waals surface area contributed by atoms with E-state index in [2.05, 4.69) is 25.6 Å². The minimum absolute atomic E-state index is 0.188. The quantitative estimate of drug-likeness (QED) is 0.763. The average molecular weight is 343 g/mol. The van der Waals surface area contributed by atoms with Crippen LogP contribution in [0.5, 0.6) is 0 Å². The van der Waals surface area contributed by atoms with Crippen molar-refractivity contribution in [1.29, 1.82) is 0 Å². The van der Waals surface area contributed by atoms with Gasteiger partial charge in [0.05, 0.1) is 23.5 Å². The lowest BCUT2D eigenvalue weighted by Crippen LogP contribution is -2.18. The molecule has 7 nitrogen and oxygen atoms in total. The smallest absolute Gasteiger partial charge is 0.258 e. The molecule has 0 aliphatic carbocycles. The molecule has 1 amide bonds. The fourth-order valence-electron chi connectivity index (χ4n) is 2.77. The molecule has 0 aromatic carbocycles. The second-order valence-corrected chi connectivity index (χ2v) is 6.05. The van der Waals surface area contributed by atoms with E-state index in [0.717, 1.165) is 30.9 Å². The van der Waals surface area contributed by atoms with E-state index in [-0.39, 0.29) is 11.9 Å². The van der Waals surface area contributed by atoms with Crippen molar-refractivity contribution >= 4 is 28.8 Å². The molecule has 1 aliphatic heterocycles. The van der Waals surface area contributed by atoms with Crippen LogP contribution in [0.3, 0.4) is 0 Å². The Balaban J connectivity index is 1.51. The van der Waals surface area contributed by atoms with E-state index in [0.29, 0.717) is 16.4 Å². The molecule has 4 rings (SSSR count). The molecule has 2 N–H and O–H groups in total. The van der Waals surface area contributed by atoms with E-state index < -0.39 is 0 Å². The highest BCUT2D eigenvalue weighted by molar-refractivity contribution is 6.29. The Labute approximate surface area is 143 Å². The fourth-order valence-corrected chi connectivity index (χ4v) is 2.95. The minimum Gasteiger partial charge on any atom is -0.321 e. The van der Waals surface area contributed by atoms with Crippen LogP contribution in [0.25, 0.3) is 5.65 Å². The third kappa shape index (κ3) is 2.83. The van der Waals surface area contributed by atoms with Crippen molar-refractivity contribution in [2.75, 3.05) is 11.9 Å². The van der Waals surface area contributed by atoms with Crippen LogP contribution in [-0.2, 0) is 0 Å². The summed E-state index contributed by atoms with van der Waals surface area (Å²) in [4.78, 5) is 25.1. The van der Waals surface area contributed by atoms with Gasteiger partial charge < -0.3 is 10.6 Å². The number of anilines is 1. The molecule has 1 fully saturated rings. The van der Waals surface area contributed by atoms with Crippen LogP contribution < -0.4 is 10.6 Å². The van der Waals surface area contributed by atoms with Crippen molar-refractivity contribution in [2.24, 2.45) is 0 Å². The summed E-state index contributed by atoms with van der Waals surface area (Å²) in [5.74, 6) is 0.465. The molecule has 24 heavy (non-hydrogen) atoms. The Morgan fingerprint density at radius 1 is 1.25 bits per heavy atom. The largest absolute Gasteiger partial charge is 0.321 e. The molecule has 1 aliphatic rings. The molecule has 0 spiro atoms. The van der Waals surface area contributed by atoms with E-state index in [9.17, 15) is 4.79 Å². The number of rotatable bonds is 3. The molecule has 0 bridgehead atoms. The van der Waals surface area contributed by atoms with Crippen LogP contribution in [0, 0.1) is 0 Å². The van der Waals surface area contributed by atoms with Crippen molar-refractivity contribution in [3.05, 3.63) is 53.5 Å². The van der Waals surface area contributed by atoms with Crippen LogP contribution in [0.4, 0.5) is 5.69 Å². The van der Waals surface area contributed by atoms with Gasteiger partial charge in [-0.05, 0) is 31.5 Å². The summed E-state index contributed by atoms with van der Waals surface area (Å²) in [6, 6.07) is 3.74. The maximum Gasteiger partial charge on any atom is 0.258 e. The minimum atomic E-state index is -0.267. The van der Waals surface area contributed by atoms with Crippen LogP contribution in [-0.4, -0.2) is 31.8 Å².